The Morgan fingerprint density at radius 1 is 1.19 bits per heavy atom. The second kappa shape index (κ2) is 5.14. The lowest BCUT2D eigenvalue weighted by Gasteiger charge is -2.12. The van der Waals surface area contributed by atoms with Crippen molar-refractivity contribution in [1.29, 1.82) is 5.26 Å². The van der Waals surface area contributed by atoms with Gasteiger partial charge in [0.1, 0.15) is 17.4 Å². The molecule has 0 aliphatic rings. The van der Waals surface area contributed by atoms with E-state index >= 15 is 0 Å². The van der Waals surface area contributed by atoms with Gasteiger partial charge in [0, 0.05) is 23.3 Å². The SMILES string of the molecule is Cc1ccc(N)cc1Oc1c(C#N)cnc2ccccc12. The van der Waals surface area contributed by atoms with E-state index in [1.54, 1.807) is 6.07 Å². The van der Waals surface area contributed by atoms with Crippen LogP contribution in [0.25, 0.3) is 10.9 Å². The predicted molar refractivity (Wildman–Crippen MR) is 82.1 cm³/mol. The molecule has 3 aromatic rings. The summed E-state index contributed by atoms with van der Waals surface area (Å²) in [5, 5.41) is 10.1. The highest BCUT2D eigenvalue weighted by Crippen LogP contribution is 2.34. The minimum absolute atomic E-state index is 0.399. The van der Waals surface area contributed by atoms with E-state index in [0.717, 1.165) is 16.5 Å². The van der Waals surface area contributed by atoms with Crippen LogP contribution in [0.3, 0.4) is 0 Å². The number of nitriles is 1. The number of hydrogen-bond acceptors (Lipinski definition) is 4. The third-order valence-electron chi connectivity index (χ3n) is 3.27. The molecule has 0 spiro atoms. The fourth-order valence-corrected chi connectivity index (χ4v) is 2.14. The Kier molecular flexibility index (Phi) is 3.17. The Hall–Kier alpha value is -3.06. The highest BCUT2D eigenvalue weighted by Gasteiger charge is 2.12. The van der Waals surface area contributed by atoms with Crippen molar-refractivity contribution in [3.8, 4) is 17.6 Å². The van der Waals surface area contributed by atoms with Crippen molar-refractivity contribution in [1.82, 2.24) is 4.98 Å². The summed E-state index contributed by atoms with van der Waals surface area (Å²) in [6.45, 7) is 1.93. The number of rotatable bonds is 2. The van der Waals surface area contributed by atoms with Crippen LogP contribution in [-0.2, 0) is 0 Å². The fourth-order valence-electron chi connectivity index (χ4n) is 2.14. The first kappa shape index (κ1) is 12.9. The summed E-state index contributed by atoms with van der Waals surface area (Å²) < 4.78 is 5.98. The number of benzene rings is 2. The molecule has 0 aliphatic heterocycles. The van der Waals surface area contributed by atoms with Crippen molar-refractivity contribution >= 4 is 16.6 Å². The molecule has 4 heteroatoms. The molecule has 0 aliphatic carbocycles. The molecule has 3 rings (SSSR count). The number of anilines is 1. The van der Waals surface area contributed by atoms with E-state index in [9.17, 15) is 5.26 Å². The van der Waals surface area contributed by atoms with Gasteiger partial charge in [0.2, 0.25) is 0 Å². The van der Waals surface area contributed by atoms with Gasteiger partial charge in [-0.05, 0) is 30.7 Å². The van der Waals surface area contributed by atoms with Crippen molar-refractivity contribution in [3.05, 3.63) is 59.8 Å². The average molecular weight is 275 g/mol. The number of ether oxygens (including phenoxy) is 1. The molecule has 21 heavy (non-hydrogen) atoms. The van der Waals surface area contributed by atoms with E-state index in [4.69, 9.17) is 10.5 Å². The fraction of sp³-hybridized carbons (Fsp3) is 0.0588. The number of para-hydroxylation sites is 1. The maximum Gasteiger partial charge on any atom is 0.156 e. The van der Waals surface area contributed by atoms with Crippen molar-refractivity contribution in [2.45, 2.75) is 6.92 Å². The molecule has 0 fully saturated rings. The molecule has 1 aromatic heterocycles. The van der Waals surface area contributed by atoms with Gasteiger partial charge in [-0.3, -0.25) is 4.98 Å². The van der Waals surface area contributed by atoms with Gasteiger partial charge in [-0.15, -0.1) is 0 Å². The molecule has 0 saturated carbocycles. The predicted octanol–water partition coefficient (Wildman–Crippen LogP) is 3.79. The quantitative estimate of drug-likeness (QED) is 0.722. The summed E-state index contributed by atoms with van der Waals surface area (Å²) >= 11 is 0. The number of nitrogens with zero attached hydrogens (tertiary/aromatic N) is 2. The third-order valence-corrected chi connectivity index (χ3v) is 3.27. The van der Waals surface area contributed by atoms with Crippen LogP contribution in [0.4, 0.5) is 5.69 Å². The molecule has 0 atom stereocenters. The lowest BCUT2D eigenvalue weighted by Crippen LogP contribution is -1.95. The van der Waals surface area contributed by atoms with Crippen LogP contribution in [0.2, 0.25) is 0 Å². The van der Waals surface area contributed by atoms with Gasteiger partial charge < -0.3 is 10.5 Å². The third kappa shape index (κ3) is 2.37. The minimum Gasteiger partial charge on any atom is -0.455 e. The summed E-state index contributed by atoms with van der Waals surface area (Å²) in [4.78, 5) is 4.27. The Morgan fingerprint density at radius 2 is 2.00 bits per heavy atom. The highest BCUT2D eigenvalue weighted by atomic mass is 16.5. The summed E-state index contributed by atoms with van der Waals surface area (Å²) in [6, 6.07) is 15.2. The molecule has 0 radical (unpaired) electrons. The molecule has 1 heterocycles. The zero-order valence-electron chi connectivity index (χ0n) is 11.5. The van der Waals surface area contributed by atoms with Crippen LogP contribution in [-0.4, -0.2) is 4.98 Å². The Bertz CT molecular complexity index is 866. The topological polar surface area (TPSA) is 71.9 Å². The Balaban J connectivity index is 2.19. The number of pyridine rings is 1. The largest absolute Gasteiger partial charge is 0.455 e. The van der Waals surface area contributed by atoms with E-state index in [1.165, 1.54) is 6.20 Å². The van der Waals surface area contributed by atoms with Crippen molar-refractivity contribution in [3.63, 3.8) is 0 Å². The van der Waals surface area contributed by atoms with Crippen molar-refractivity contribution in [2.24, 2.45) is 0 Å². The van der Waals surface area contributed by atoms with Crippen LogP contribution < -0.4 is 10.5 Å². The first-order valence-electron chi connectivity index (χ1n) is 6.51. The summed E-state index contributed by atoms with van der Waals surface area (Å²) in [5.41, 5.74) is 8.56. The monoisotopic (exact) mass is 275 g/mol. The zero-order chi connectivity index (χ0) is 14.8. The summed E-state index contributed by atoms with van der Waals surface area (Å²) in [5.74, 6) is 1.15. The molecule has 0 amide bonds. The van der Waals surface area contributed by atoms with Gasteiger partial charge in [-0.2, -0.15) is 5.26 Å². The van der Waals surface area contributed by atoms with Crippen molar-refractivity contribution < 1.29 is 4.74 Å². The number of hydrogen-bond donors (Lipinski definition) is 1. The number of aryl methyl sites for hydroxylation is 1. The van der Waals surface area contributed by atoms with Gasteiger partial charge in [0.25, 0.3) is 0 Å². The van der Waals surface area contributed by atoms with Gasteiger partial charge in [0.05, 0.1) is 5.52 Å². The first-order chi connectivity index (χ1) is 10.2. The molecule has 0 bridgehead atoms. The molecule has 2 N–H and O–H groups in total. The number of nitrogens with two attached hydrogens (primary N) is 1. The van der Waals surface area contributed by atoms with Crippen LogP contribution in [0.15, 0.2) is 48.7 Å². The number of fused-ring (bicyclic) bond motifs is 1. The summed E-state index contributed by atoms with van der Waals surface area (Å²) in [6.07, 6.45) is 1.53. The van der Waals surface area contributed by atoms with Crippen LogP contribution >= 0.6 is 0 Å². The molecule has 4 nitrogen and oxygen atoms in total. The zero-order valence-corrected chi connectivity index (χ0v) is 11.5. The van der Waals surface area contributed by atoms with Crippen LogP contribution in [0.5, 0.6) is 11.5 Å². The molecule has 2 aromatic carbocycles. The van der Waals surface area contributed by atoms with Crippen LogP contribution in [0.1, 0.15) is 11.1 Å². The minimum atomic E-state index is 0.399. The summed E-state index contributed by atoms with van der Waals surface area (Å²) in [7, 11) is 0. The lowest BCUT2D eigenvalue weighted by molar-refractivity contribution is 0.483. The maximum atomic E-state index is 9.29. The van der Waals surface area contributed by atoms with E-state index in [-0.39, 0.29) is 0 Å². The molecule has 102 valence electrons. The van der Waals surface area contributed by atoms with E-state index < -0.39 is 0 Å². The smallest absolute Gasteiger partial charge is 0.156 e. The second-order valence-electron chi connectivity index (χ2n) is 4.76. The van der Waals surface area contributed by atoms with E-state index in [1.807, 2.05) is 43.3 Å². The van der Waals surface area contributed by atoms with Gasteiger partial charge in [0.15, 0.2) is 5.75 Å². The Labute approximate surface area is 122 Å². The molecule has 0 unspecified atom stereocenters. The maximum absolute atomic E-state index is 9.29. The molecular formula is C17H13N3O. The van der Waals surface area contributed by atoms with Gasteiger partial charge in [-0.1, -0.05) is 18.2 Å². The van der Waals surface area contributed by atoms with Gasteiger partial charge >= 0.3 is 0 Å². The molecular weight excluding hydrogens is 262 g/mol. The number of aromatic nitrogens is 1. The van der Waals surface area contributed by atoms with Crippen molar-refractivity contribution in [2.75, 3.05) is 5.73 Å². The molecule has 0 saturated heterocycles. The van der Waals surface area contributed by atoms with Gasteiger partial charge in [-0.25, -0.2) is 0 Å². The average Bonchev–Trinajstić information content (AvgIpc) is 2.51. The van der Waals surface area contributed by atoms with E-state index in [2.05, 4.69) is 11.1 Å². The second-order valence-corrected chi connectivity index (χ2v) is 4.76. The first-order valence-corrected chi connectivity index (χ1v) is 6.51. The number of nitrogen functional groups attached to an aromatic ring is 1. The highest BCUT2D eigenvalue weighted by molar-refractivity contribution is 5.87. The standard InChI is InChI=1S/C17H13N3O/c1-11-6-7-13(19)8-16(11)21-17-12(9-18)10-20-15-5-3-2-4-14(15)17/h2-8,10H,19H2,1H3. The van der Waals surface area contributed by atoms with E-state index in [0.29, 0.717) is 22.7 Å². The normalized spacial score (nSPS) is 10.3. The Morgan fingerprint density at radius 3 is 2.81 bits per heavy atom. The van der Waals surface area contributed by atoms with Crippen LogP contribution in [0, 0.1) is 18.3 Å². The lowest BCUT2D eigenvalue weighted by atomic mass is 10.1.